The lowest BCUT2D eigenvalue weighted by molar-refractivity contribution is -0.146. The van der Waals surface area contributed by atoms with Gasteiger partial charge in [0.1, 0.15) is 14.8 Å². The zero-order valence-corrected chi connectivity index (χ0v) is 13.6. The van der Waals surface area contributed by atoms with Crippen molar-refractivity contribution >= 4 is 50.5 Å². The van der Waals surface area contributed by atoms with Gasteiger partial charge in [-0.15, -0.1) is 11.3 Å². The Labute approximate surface area is 125 Å². The van der Waals surface area contributed by atoms with Gasteiger partial charge < -0.3 is 5.11 Å². The molecule has 1 heterocycles. The number of rotatable bonds is 5. The maximum absolute atomic E-state index is 12.5. The Morgan fingerprint density at radius 3 is 2.32 bits per heavy atom. The molecule has 0 bridgehead atoms. The average Bonchev–Trinajstić information content (AvgIpc) is 2.58. The molecule has 0 radical (unpaired) electrons. The highest BCUT2D eigenvalue weighted by Crippen LogP contribution is 2.37. The first-order valence-electron chi connectivity index (χ1n) is 5.26. The Bertz CT molecular complexity index is 595. The molecule has 0 saturated carbocycles. The highest BCUT2D eigenvalue weighted by molar-refractivity contribution is 7.89. The minimum Gasteiger partial charge on any atom is -0.480 e. The molecule has 0 amide bonds. The molecule has 1 N–H and O–H groups in total. The van der Waals surface area contributed by atoms with Gasteiger partial charge in [0.15, 0.2) is 0 Å². The van der Waals surface area contributed by atoms with Crippen LogP contribution in [0.1, 0.15) is 20.8 Å². The molecular weight excluding hydrogens is 333 g/mol. The number of likely N-dealkylation sites (N-methyl/N-ethyl adjacent to an activating group) is 1. The third kappa shape index (κ3) is 3.05. The average molecular weight is 346 g/mol. The second kappa shape index (κ2) is 5.57. The van der Waals surface area contributed by atoms with Crippen LogP contribution in [0.2, 0.25) is 8.67 Å². The van der Waals surface area contributed by atoms with Crippen LogP contribution in [0.15, 0.2) is 11.0 Å². The molecule has 0 fully saturated rings. The number of hydrogen-bond donors (Lipinski definition) is 1. The van der Waals surface area contributed by atoms with E-state index in [0.29, 0.717) is 0 Å². The van der Waals surface area contributed by atoms with Gasteiger partial charge in [0, 0.05) is 6.54 Å². The summed E-state index contributed by atoms with van der Waals surface area (Å²) in [6.07, 6.45) is 0. The number of carboxylic acids is 1. The first-order valence-corrected chi connectivity index (χ1v) is 8.27. The Hall–Kier alpha value is -0.340. The Morgan fingerprint density at radius 1 is 1.47 bits per heavy atom. The number of nitrogens with zero attached hydrogens (tertiary/aromatic N) is 1. The molecule has 108 valence electrons. The van der Waals surface area contributed by atoms with Gasteiger partial charge in [-0.3, -0.25) is 4.79 Å². The minimum atomic E-state index is -4.02. The zero-order valence-electron chi connectivity index (χ0n) is 10.5. The molecule has 5 nitrogen and oxygen atoms in total. The van der Waals surface area contributed by atoms with E-state index in [2.05, 4.69) is 0 Å². The summed E-state index contributed by atoms with van der Waals surface area (Å²) in [4.78, 5) is 11.1. The van der Waals surface area contributed by atoms with Gasteiger partial charge in [0.2, 0.25) is 10.0 Å². The molecule has 19 heavy (non-hydrogen) atoms. The highest BCUT2D eigenvalue weighted by atomic mass is 35.5. The van der Waals surface area contributed by atoms with Gasteiger partial charge in [-0.2, -0.15) is 4.31 Å². The molecule has 0 aliphatic heterocycles. The summed E-state index contributed by atoms with van der Waals surface area (Å²) < 4.78 is 26.1. The van der Waals surface area contributed by atoms with Gasteiger partial charge >= 0.3 is 5.97 Å². The van der Waals surface area contributed by atoms with Crippen LogP contribution in [0.4, 0.5) is 0 Å². The van der Waals surface area contributed by atoms with Gasteiger partial charge in [-0.05, 0) is 19.9 Å². The molecule has 1 aromatic rings. The van der Waals surface area contributed by atoms with E-state index >= 15 is 0 Å². The molecular formula is C10H13Cl2NO4S2. The normalized spacial score (nSPS) is 12.9. The lowest BCUT2D eigenvalue weighted by atomic mass is 10.1. The fraction of sp³-hybridized carbons (Fsp3) is 0.500. The van der Waals surface area contributed by atoms with Crippen LogP contribution in [0, 0.1) is 0 Å². The predicted octanol–water partition coefficient (Wildman–Crippen LogP) is 2.93. The largest absolute Gasteiger partial charge is 0.480 e. The lowest BCUT2D eigenvalue weighted by Gasteiger charge is -2.32. The molecule has 0 aromatic carbocycles. The van der Waals surface area contributed by atoms with E-state index in [0.717, 1.165) is 15.6 Å². The maximum Gasteiger partial charge on any atom is 0.324 e. The SMILES string of the molecule is CCN(C(C)(C)C(=O)O)S(=O)(=O)c1cc(Cl)sc1Cl. The van der Waals surface area contributed by atoms with Crippen LogP contribution >= 0.6 is 34.5 Å². The number of carbonyl (C=O) groups is 1. The number of hydrogen-bond acceptors (Lipinski definition) is 4. The third-order valence-corrected chi connectivity index (χ3v) is 6.53. The summed E-state index contributed by atoms with van der Waals surface area (Å²) in [5, 5.41) is 9.16. The Kier molecular flexibility index (Phi) is 4.90. The van der Waals surface area contributed by atoms with E-state index in [1.807, 2.05) is 0 Å². The smallest absolute Gasteiger partial charge is 0.324 e. The first-order chi connectivity index (χ1) is 8.55. The fourth-order valence-electron chi connectivity index (χ4n) is 1.59. The van der Waals surface area contributed by atoms with Crippen LogP contribution < -0.4 is 0 Å². The predicted molar refractivity (Wildman–Crippen MR) is 75.6 cm³/mol. The van der Waals surface area contributed by atoms with Gasteiger partial charge in [-0.25, -0.2) is 8.42 Å². The summed E-state index contributed by atoms with van der Waals surface area (Å²) in [6.45, 7) is 4.20. The van der Waals surface area contributed by atoms with Crippen LogP contribution in [-0.4, -0.2) is 35.9 Å². The summed E-state index contributed by atoms with van der Waals surface area (Å²) in [5.41, 5.74) is -1.58. The van der Waals surface area contributed by atoms with Gasteiger partial charge in [0.05, 0.1) is 4.34 Å². The minimum absolute atomic E-state index is 0.00538. The Morgan fingerprint density at radius 2 is 2.00 bits per heavy atom. The molecule has 0 unspecified atom stereocenters. The van der Waals surface area contributed by atoms with Crippen molar-refractivity contribution in [3.63, 3.8) is 0 Å². The standard InChI is InChI=1S/C10H13Cl2NO4S2/c1-4-13(10(2,3)9(14)15)19(16,17)6-5-7(11)18-8(6)12/h5H,4H2,1-3H3,(H,14,15). The fourth-order valence-corrected chi connectivity index (χ4v) is 5.46. The van der Waals surface area contributed by atoms with Crippen LogP contribution in [0.25, 0.3) is 0 Å². The lowest BCUT2D eigenvalue weighted by Crippen LogP contribution is -2.52. The quantitative estimate of drug-likeness (QED) is 0.890. The van der Waals surface area contributed by atoms with Gasteiger partial charge in [-0.1, -0.05) is 30.1 Å². The second-order valence-corrected chi connectivity index (χ2v) is 8.34. The van der Waals surface area contributed by atoms with Crippen molar-refractivity contribution in [3.8, 4) is 0 Å². The van der Waals surface area contributed by atoms with Crippen molar-refractivity contribution in [2.45, 2.75) is 31.2 Å². The number of aliphatic carboxylic acids is 1. The number of halogens is 2. The highest BCUT2D eigenvalue weighted by Gasteiger charge is 2.42. The number of thiophene rings is 1. The van der Waals surface area contributed by atoms with E-state index in [4.69, 9.17) is 28.3 Å². The van der Waals surface area contributed by atoms with Crippen LogP contribution in [0.5, 0.6) is 0 Å². The molecule has 0 atom stereocenters. The molecule has 0 aliphatic carbocycles. The van der Waals surface area contributed by atoms with E-state index in [1.54, 1.807) is 6.92 Å². The molecule has 0 saturated heterocycles. The first kappa shape index (κ1) is 16.7. The molecule has 0 spiro atoms. The van der Waals surface area contributed by atoms with Crippen molar-refractivity contribution in [3.05, 3.63) is 14.7 Å². The van der Waals surface area contributed by atoms with Crippen molar-refractivity contribution in [1.29, 1.82) is 0 Å². The second-order valence-electron chi connectivity index (χ2n) is 4.22. The van der Waals surface area contributed by atoms with E-state index in [-0.39, 0.29) is 20.1 Å². The Balaban J connectivity index is 3.40. The molecule has 0 aliphatic rings. The summed E-state index contributed by atoms with van der Waals surface area (Å²) in [5.74, 6) is -1.24. The van der Waals surface area contributed by atoms with E-state index in [1.165, 1.54) is 19.9 Å². The third-order valence-electron chi connectivity index (χ3n) is 2.63. The van der Waals surface area contributed by atoms with Crippen molar-refractivity contribution < 1.29 is 18.3 Å². The van der Waals surface area contributed by atoms with Gasteiger partial charge in [0.25, 0.3) is 0 Å². The summed E-state index contributed by atoms with van der Waals surface area (Å²) >= 11 is 12.5. The zero-order chi connectivity index (χ0) is 15.0. The van der Waals surface area contributed by atoms with E-state index < -0.39 is 21.5 Å². The van der Waals surface area contributed by atoms with Crippen LogP contribution in [0.3, 0.4) is 0 Å². The van der Waals surface area contributed by atoms with Crippen molar-refractivity contribution in [1.82, 2.24) is 4.31 Å². The topological polar surface area (TPSA) is 74.7 Å². The monoisotopic (exact) mass is 345 g/mol. The van der Waals surface area contributed by atoms with Crippen molar-refractivity contribution in [2.24, 2.45) is 0 Å². The molecule has 9 heteroatoms. The maximum atomic E-state index is 12.5. The molecule has 1 rings (SSSR count). The number of carboxylic acid groups (broad SMARTS) is 1. The summed E-state index contributed by atoms with van der Waals surface area (Å²) in [6, 6.07) is 1.23. The van der Waals surface area contributed by atoms with E-state index in [9.17, 15) is 13.2 Å². The summed E-state index contributed by atoms with van der Waals surface area (Å²) in [7, 11) is -4.02. The van der Waals surface area contributed by atoms with Crippen LogP contribution in [-0.2, 0) is 14.8 Å². The number of sulfonamides is 1. The molecule has 1 aromatic heterocycles. The van der Waals surface area contributed by atoms with Crippen molar-refractivity contribution in [2.75, 3.05) is 6.54 Å².